The highest BCUT2D eigenvalue weighted by molar-refractivity contribution is 6.32. The van der Waals surface area contributed by atoms with Crippen molar-refractivity contribution in [3.63, 3.8) is 0 Å². The molecule has 0 aliphatic carbocycles. The van der Waals surface area contributed by atoms with E-state index in [0.29, 0.717) is 32.4 Å². The summed E-state index contributed by atoms with van der Waals surface area (Å²) in [7, 11) is 0. The molecule has 0 unspecified atom stereocenters. The number of ether oxygens (including phenoxy) is 1. The minimum Gasteiger partial charge on any atom is -0.459 e. The van der Waals surface area contributed by atoms with Gasteiger partial charge in [-0.3, -0.25) is 4.79 Å². The van der Waals surface area contributed by atoms with Gasteiger partial charge < -0.3 is 9.64 Å². The molecule has 1 fully saturated rings. The SMILES string of the molecule is CCOC(=O)C(=O)N1CCC(Cc2ccc(C(F)(F)F)cc2)CC1. The third-order valence-electron chi connectivity index (χ3n) is 4.16. The quantitative estimate of drug-likeness (QED) is 0.626. The molecule has 1 amide bonds. The van der Waals surface area contributed by atoms with E-state index in [1.165, 1.54) is 17.0 Å². The average molecular weight is 343 g/mol. The lowest BCUT2D eigenvalue weighted by Crippen LogP contribution is -2.43. The largest absolute Gasteiger partial charge is 0.459 e. The highest BCUT2D eigenvalue weighted by atomic mass is 19.4. The first-order valence-electron chi connectivity index (χ1n) is 7.93. The fourth-order valence-electron chi connectivity index (χ4n) is 2.83. The minimum absolute atomic E-state index is 0.162. The topological polar surface area (TPSA) is 46.6 Å². The number of hydrogen-bond donors (Lipinski definition) is 0. The molecule has 0 N–H and O–H groups in total. The summed E-state index contributed by atoms with van der Waals surface area (Å²) in [5, 5.41) is 0. The molecule has 0 bridgehead atoms. The van der Waals surface area contributed by atoms with Crippen molar-refractivity contribution < 1.29 is 27.5 Å². The summed E-state index contributed by atoms with van der Waals surface area (Å²) in [6, 6.07) is 5.18. The summed E-state index contributed by atoms with van der Waals surface area (Å²) in [5.41, 5.74) is 0.194. The molecule has 1 aromatic rings. The number of piperidine rings is 1. The number of halogens is 3. The van der Waals surface area contributed by atoms with Gasteiger partial charge in [0.15, 0.2) is 0 Å². The molecule has 0 spiro atoms. The Kier molecular flexibility index (Phi) is 5.85. The first-order chi connectivity index (χ1) is 11.3. The van der Waals surface area contributed by atoms with E-state index in [2.05, 4.69) is 0 Å². The van der Waals surface area contributed by atoms with Crippen LogP contribution in [0.25, 0.3) is 0 Å². The van der Waals surface area contributed by atoms with Gasteiger partial charge in [-0.1, -0.05) is 12.1 Å². The van der Waals surface area contributed by atoms with Crippen molar-refractivity contribution in [2.75, 3.05) is 19.7 Å². The Labute approximate surface area is 138 Å². The van der Waals surface area contributed by atoms with Gasteiger partial charge in [-0.15, -0.1) is 0 Å². The van der Waals surface area contributed by atoms with Crippen LogP contribution in [0, 0.1) is 5.92 Å². The van der Waals surface area contributed by atoms with E-state index in [1.54, 1.807) is 6.92 Å². The summed E-state index contributed by atoms with van der Waals surface area (Å²) in [6.45, 7) is 2.72. The fraction of sp³-hybridized carbons (Fsp3) is 0.529. The lowest BCUT2D eigenvalue weighted by atomic mass is 9.90. The van der Waals surface area contributed by atoms with Crippen molar-refractivity contribution in [2.45, 2.75) is 32.4 Å². The molecule has 132 valence electrons. The molecule has 2 rings (SSSR count). The zero-order chi connectivity index (χ0) is 17.7. The molecule has 0 atom stereocenters. The molecule has 1 aliphatic heterocycles. The van der Waals surface area contributed by atoms with Crippen molar-refractivity contribution in [1.82, 2.24) is 4.90 Å². The van der Waals surface area contributed by atoms with Crippen LogP contribution in [0.3, 0.4) is 0 Å². The first kappa shape index (κ1) is 18.3. The number of amides is 1. The van der Waals surface area contributed by atoms with Gasteiger partial charge in [0, 0.05) is 13.1 Å². The summed E-state index contributed by atoms with van der Waals surface area (Å²) < 4.78 is 42.3. The molecule has 7 heteroatoms. The van der Waals surface area contributed by atoms with E-state index in [-0.39, 0.29) is 12.5 Å². The predicted octanol–water partition coefficient (Wildman–Crippen LogP) is 3.05. The fourth-order valence-corrected chi connectivity index (χ4v) is 2.83. The Bertz CT molecular complexity index is 576. The van der Waals surface area contributed by atoms with E-state index in [4.69, 9.17) is 4.74 Å². The van der Waals surface area contributed by atoms with Crippen molar-refractivity contribution in [3.05, 3.63) is 35.4 Å². The second-order valence-electron chi connectivity index (χ2n) is 5.85. The van der Waals surface area contributed by atoms with Crippen molar-refractivity contribution in [1.29, 1.82) is 0 Å². The lowest BCUT2D eigenvalue weighted by molar-refractivity contribution is -0.160. The van der Waals surface area contributed by atoms with Crippen LogP contribution in [-0.4, -0.2) is 36.5 Å². The number of nitrogens with zero attached hydrogens (tertiary/aromatic N) is 1. The van der Waals surface area contributed by atoms with Gasteiger partial charge >= 0.3 is 18.1 Å². The summed E-state index contributed by atoms with van der Waals surface area (Å²) in [4.78, 5) is 24.7. The van der Waals surface area contributed by atoms with Gasteiger partial charge in [-0.05, 0) is 49.8 Å². The van der Waals surface area contributed by atoms with Gasteiger partial charge in [0.1, 0.15) is 0 Å². The second kappa shape index (κ2) is 7.68. The third-order valence-corrected chi connectivity index (χ3v) is 4.16. The number of hydrogen-bond acceptors (Lipinski definition) is 3. The maximum atomic E-state index is 12.5. The molecule has 0 radical (unpaired) electrons. The van der Waals surface area contributed by atoms with Crippen molar-refractivity contribution >= 4 is 11.9 Å². The molecule has 24 heavy (non-hydrogen) atoms. The third kappa shape index (κ3) is 4.72. The number of carbonyl (C=O) groups is 2. The summed E-state index contributed by atoms with van der Waals surface area (Å²) in [6.07, 6.45) is -2.23. The van der Waals surface area contributed by atoms with Crippen LogP contribution in [0.1, 0.15) is 30.9 Å². The van der Waals surface area contributed by atoms with Crippen molar-refractivity contribution in [3.8, 4) is 0 Å². The Hall–Kier alpha value is -2.05. The Morgan fingerprint density at radius 1 is 1.17 bits per heavy atom. The number of esters is 1. The Morgan fingerprint density at radius 3 is 2.25 bits per heavy atom. The second-order valence-corrected chi connectivity index (χ2v) is 5.85. The highest BCUT2D eigenvalue weighted by Crippen LogP contribution is 2.30. The van der Waals surface area contributed by atoms with Crippen LogP contribution >= 0.6 is 0 Å². The van der Waals surface area contributed by atoms with Crippen LogP contribution in [0.15, 0.2) is 24.3 Å². The molecule has 0 aromatic heterocycles. The van der Waals surface area contributed by atoms with Gasteiger partial charge in [-0.2, -0.15) is 13.2 Å². The standard InChI is InChI=1S/C17H20F3NO3/c1-2-24-16(23)15(22)21-9-7-13(8-10-21)11-12-3-5-14(6-4-12)17(18,19)20/h3-6,13H,2,7-11H2,1H3. The van der Waals surface area contributed by atoms with Crippen LogP contribution in [-0.2, 0) is 26.9 Å². The summed E-state index contributed by atoms with van der Waals surface area (Å²) in [5.74, 6) is -1.17. The zero-order valence-electron chi connectivity index (χ0n) is 13.4. The number of carbonyl (C=O) groups excluding carboxylic acids is 2. The first-order valence-corrected chi connectivity index (χ1v) is 7.93. The van der Waals surface area contributed by atoms with Crippen LogP contribution in [0.5, 0.6) is 0 Å². The van der Waals surface area contributed by atoms with Gasteiger partial charge in [0.2, 0.25) is 0 Å². The van der Waals surface area contributed by atoms with E-state index in [1.807, 2.05) is 0 Å². The van der Waals surface area contributed by atoms with Crippen LogP contribution in [0.2, 0.25) is 0 Å². The molecule has 1 aliphatic rings. The highest BCUT2D eigenvalue weighted by Gasteiger charge is 2.30. The number of rotatable bonds is 3. The normalized spacial score (nSPS) is 16.1. The predicted molar refractivity (Wildman–Crippen MR) is 81.1 cm³/mol. The lowest BCUT2D eigenvalue weighted by Gasteiger charge is -2.31. The van der Waals surface area contributed by atoms with Gasteiger partial charge in [0.05, 0.1) is 12.2 Å². The smallest absolute Gasteiger partial charge is 0.416 e. The van der Waals surface area contributed by atoms with Crippen molar-refractivity contribution in [2.24, 2.45) is 5.92 Å². The number of benzene rings is 1. The molecule has 1 saturated heterocycles. The number of likely N-dealkylation sites (tertiary alicyclic amines) is 1. The van der Waals surface area contributed by atoms with E-state index in [9.17, 15) is 22.8 Å². The van der Waals surface area contributed by atoms with Gasteiger partial charge in [0.25, 0.3) is 0 Å². The molecular formula is C17H20F3NO3. The molecule has 0 saturated carbocycles. The maximum Gasteiger partial charge on any atom is 0.416 e. The summed E-state index contributed by atoms with van der Waals surface area (Å²) >= 11 is 0. The van der Waals surface area contributed by atoms with E-state index >= 15 is 0 Å². The Morgan fingerprint density at radius 2 is 1.75 bits per heavy atom. The van der Waals surface area contributed by atoms with E-state index < -0.39 is 23.6 Å². The number of alkyl halides is 3. The Balaban J connectivity index is 1.85. The maximum absolute atomic E-state index is 12.5. The molecule has 4 nitrogen and oxygen atoms in total. The van der Waals surface area contributed by atoms with Gasteiger partial charge in [-0.25, -0.2) is 4.79 Å². The minimum atomic E-state index is -4.32. The van der Waals surface area contributed by atoms with E-state index in [0.717, 1.165) is 17.7 Å². The zero-order valence-corrected chi connectivity index (χ0v) is 13.4. The van der Waals surface area contributed by atoms with Crippen LogP contribution in [0.4, 0.5) is 13.2 Å². The molecule has 1 aromatic carbocycles. The molecule has 1 heterocycles. The average Bonchev–Trinajstić information content (AvgIpc) is 2.55. The van der Waals surface area contributed by atoms with Crippen LogP contribution < -0.4 is 0 Å². The monoisotopic (exact) mass is 343 g/mol. The molecular weight excluding hydrogens is 323 g/mol.